The fraction of sp³-hybridized carbons (Fsp3) is 0. The van der Waals surface area contributed by atoms with Crippen LogP contribution in [-0.2, 0) is 0 Å². The number of hydrogen-bond donors (Lipinski definition) is 0. The van der Waals surface area contributed by atoms with Gasteiger partial charge in [-0.05, 0) is 67.7 Å². The molecule has 0 bridgehead atoms. The zero-order valence-electron chi connectivity index (χ0n) is 26.7. The van der Waals surface area contributed by atoms with Crippen molar-refractivity contribution < 1.29 is 0 Å². The van der Waals surface area contributed by atoms with Crippen LogP contribution in [-0.4, -0.2) is 9.55 Å². The van der Waals surface area contributed by atoms with Gasteiger partial charge in [0.25, 0.3) is 0 Å². The van der Waals surface area contributed by atoms with Crippen molar-refractivity contribution in [1.29, 1.82) is 0 Å². The third-order valence-corrected chi connectivity index (χ3v) is 9.97. The molecule has 2 nitrogen and oxygen atoms in total. The summed E-state index contributed by atoms with van der Waals surface area (Å²) in [5.41, 5.74) is 10.4. The first-order chi connectivity index (χ1) is 24.3. The maximum Gasteiger partial charge on any atom is 0.138 e. The van der Waals surface area contributed by atoms with Crippen molar-refractivity contribution >= 4 is 54.3 Å². The molecular weight excluding hydrogens is 593 g/mol. The molecule has 0 aliphatic heterocycles. The van der Waals surface area contributed by atoms with Gasteiger partial charge in [0.15, 0.2) is 0 Å². The molecule has 0 amide bonds. The van der Waals surface area contributed by atoms with Gasteiger partial charge in [-0.25, -0.2) is 4.98 Å². The molecule has 2 aromatic heterocycles. The molecule has 2 heteroatoms. The number of benzene rings is 8. The fourth-order valence-electron chi connectivity index (χ4n) is 7.71. The van der Waals surface area contributed by atoms with Crippen LogP contribution in [0.3, 0.4) is 0 Å². The van der Waals surface area contributed by atoms with E-state index in [1.165, 1.54) is 60.3 Å². The van der Waals surface area contributed by atoms with Gasteiger partial charge in [0, 0.05) is 21.5 Å². The van der Waals surface area contributed by atoms with Crippen LogP contribution in [0, 0.1) is 0 Å². The molecule has 2 heterocycles. The molecule has 0 unspecified atom stereocenters. The fourth-order valence-corrected chi connectivity index (χ4v) is 7.71. The molecule has 49 heavy (non-hydrogen) atoms. The van der Waals surface area contributed by atoms with Crippen LogP contribution in [0.25, 0.3) is 93.5 Å². The molecule has 10 rings (SSSR count). The third kappa shape index (κ3) is 4.38. The van der Waals surface area contributed by atoms with Crippen LogP contribution in [0.15, 0.2) is 182 Å². The second-order valence-corrected chi connectivity index (χ2v) is 12.7. The second-order valence-electron chi connectivity index (χ2n) is 12.7. The molecule has 0 aliphatic rings. The average molecular weight is 623 g/mol. The summed E-state index contributed by atoms with van der Waals surface area (Å²) in [5.74, 6) is 0.905. The van der Waals surface area contributed by atoms with E-state index in [1.807, 2.05) is 0 Å². The number of nitrogens with zero attached hydrogens (tertiary/aromatic N) is 2. The van der Waals surface area contributed by atoms with Gasteiger partial charge in [0.2, 0.25) is 0 Å². The van der Waals surface area contributed by atoms with E-state index >= 15 is 0 Å². The SMILES string of the molecule is c1ccc(-c2ccc3c4c5ccccc5c(-c5ccccc5)cc4n(-c4cc(-c5ccccc5)c5ccc6ccccc6c5n4)c3c2)cc1. The zero-order chi connectivity index (χ0) is 32.3. The van der Waals surface area contributed by atoms with Crippen LogP contribution in [0.4, 0.5) is 0 Å². The number of aromatic nitrogens is 2. The van der Waals surface area contributed by atoms with Crippen molar-refractivity contribution in [1.82, 2.24) is 9.55 Å². The number of fused-ring (bicyclic) bond motifs is 8. The molecular formula is C47H30N2. The molecule has 0 radical (unpaired) electrons. The van der Waals surface area contributed by atoms with Gasteiger partial charge >= 0.3 is 0 Å². The van der Waals surface area contributed by atoms with Crippen LogP contribution >= 0.6 is 0 Å². The van der Waals surface area contributed by atoms with Gasteiger partial charge in [-0.1, -0.05) is 164 Å². The van der Waals surface area contributed by atoms with E-state index in [0.717, 1.165) is 33.1 Å². The minimum absolute atomic E-state index is 0.905. The van der Waals surface area contributed by atoms with Crippen LogP contribution < -0.4 is 0 Å². The van der Waals surface area contributed by atoms with Gasteiger partial charge in [0.1, 0.15) is 5.82 Å². The maximum absolute atomic E-state index is 5.58. The Labute approximate surface area is 284 Å². The van der Waals surface area contributed by atoms with Crippen molar-refractivity contribution in [3.8, 4) is 39.2 Å². The Morgan fingerprint density at radius 2 is 0.918 bits per heavy atom. The van der Waals surface area contributed by atoms with Gasteiger partial charge in [0.05, 0.1) is 16.6 Å². The molecule has 0 saturated heterocycles. The van der Waals surface area contributed by atoms with E-state index < -0.39 is 0 Å². The summed E-state index contributed by atoms with van der Waals surface area (Å²) in [6.45, 7) is 0. The first-order valence-corrected chi connectivity index (χ1v) is 16.8. The summed E-state index contributed by atoms with van der Waals surface area (Å²) in [4.78, 5) is 5.58. The summed E-state index contributed by atoms with van der Waals surface area (Å²) < 4.78 is 2.41. The first kappa shape index (κ1) is 27.6. The second kappa shape index (κ2) is 11.0. The maximum atomic E-state index is 5.58. The van der Waals surface area contributed by atoms with E-state index in [9.17, 15) is 0 Å². The van der Waals surface area contributed by atoms with Crippen LogP contribution in [0.5, 0.6) is 0 Å². The van der Waals surface area contributed by atoms with Gasteiger partial charge < -0.3 is 0 Å². The van der Waals surface area contributed by atoms with Crippen LogP contribution in [0.2, 0.25) is 0 Å². The number of pyridine rings is 1. The lowest BCUT2D eigenvalue weighted by Crippen LogP contribution is -2.00. The highest BCUT2D eigenvalue weighted by Crippen LogP contribution is 2.43. The summed E-state index contributed by atoms with van der Waals surface area (Å²) in [5, 5.41) is 8.43. The normalized spacial score (nSPS) is 11.7. The minimum atomic E-state index is 0.905. The van der Waals surface area contributed by atoms with Crippen LogP contribution in [0.1, 0.15) is 0 Å². The quantitative estimate of drug-likeness (QED) is 0.179. The highest BCUT2D eigenvalue weighted by atomic mass is 15.1. The largest absolute Gasteiger partial charge is 0.294 e. The highest BCUT2D eigenvalue weighted by Gasteiger charge is 2.21. The highest BCUT2D eigenvalue weighted by molar-refractivity contribution is 6.24. The standard InChI is InChI=1S/C47H30N2/c1-4-14-31(15-5-1)35-25-27-40-43(28-35)49(44-29-41(32-16-6-2-7-17-32)37-22-12-13-23-38(37)46(40)44)45-30-42(33-18-8-3-9-19-33)39-26-24-34-20-10-11-21-36(34)47(39)48-45/h1-30H. The Morgan fingerprint density at radius 1 is 0.347 bits per heavy atom. The van der Waals surface area contributed by atoms with E-state index in [1.54, 1.807) is 0 Å². The first-order valence-electron chi connectivity index (χ1n) is 16.8. The summed E-state index contributed by atoms with van der Waals surface area (Å²) in [7, 11) is 0. The van der Waals surface area contributed by atoms with E-state index in [0.29, 0.717) is 0 Å². The number of hydrogen-bond acceptors (Lipinski definition) is 1. The molecule has 0 saturated carbocycles. The van der Waals surface area contributed by atoms with Gasteiger partial charge in [-0.2, -0.15) is 0 Å². The average Bonchev–Trinajstić information content (AvgIpc) is 3.52. The lowest BCUT2D eigenvalue weighted by atomic mass is 9.94. The summed E-state index contributed by atoms with van der Waals surface area (Å²) in [6, 6.07) is 65.6. The molecule has 0 spiro atoms. The monoisotopic (exact) mass is 622 g/mol. The topological polar surface area (TPSA) is 17.8 Å². The number of rotatable bonds is 4. The van der Waals surface area contributed by atoms with Gasteiger partial charge in [-0.15, -0.1) is 0 Å². The Bertz CT molecular complexity index is 2850. The van der Waals surface area contributed by atoms with Crippen molar-refractivity contribution in [2.45, 2.75) is 0 Å². The minimum Gasteiger partial charge on any atom is -0.294 e. The smallest absolute Gasteiger partial charge is 0.138 e. The predicted molar refractivity (Wildman–Crippen MR) is 207 cm³/mol. The molecule has 10 aromatic rings. The Kier molecular flexibility index (Phi) is 6.22. The third-order valence-electron chi connectivity index (χ3n) is 9.97. The van der Waals surface area contributed by atoms with Crippen molar-refractivity contribution in [2.75, 3.05) is 0 Å². The molecule has 8 aromatic carbocycles. The predicted octanol–water partition coefficient (Wildman–Crippen LogP) is 12.6. The molecule has 0 atom stereocenters. The Balaban J connectivity index is 1.40. The van der Waals surface area contributed by atoms with E-state index in [4.69, 9.17) is 4.98 Å². The van der Waals surface area contributed by atoms with Crippen molar-refractivity contribution in [2.24, 2.45) is 0 Å². The molecule has 228 valence electrons. The Morgan fingerprint density at radius 3 is 1.63 bits per heavy atom. The Hall–Kier alpha value is -6.51. The zero-order valence-corrected chi connectivity index (χ0v) is 26.7. The summed E-state index contributed by atoms with van der Waals surface area (Å²) in [6.07, 6.45) is 0. The molecule has 0 fully saturated rings. The lowest BCUT2D eigenvalue weighted by molar-refractivity contribution is 1.10. The van der Waals surface area contributed by atoms with Crippen molar-refractivity contribution in [3.05, 3.63) is 182 Å². The molecule has 0 N–H and O–H groups in total. The summed E-state index contributed by atoms with van der Waals surface area (Å²) >= 11 is 0. The molecule has 0 aliphatic carbocycles. The van der Waals surface area contributed by atoms with Crippen molar-refractivity contribution in [3.63, 3.8) is 0 Å². The lowest BCUT2D eigenvalue weighted by Gasteiger charge is -2.15. The van der Waals surface area contributed by atoms with E-state index in [-0.39, 0.29) is 0 Å². The van der Waals surface area contributed by atoms with E-state index in [2.05, 4.69) is 187 Å². The van der Waals surface area contributed by atoms with Gasteiger partial charge in [-0.3, -0.25) is 4.57 Å².